The fraction of sp³-hybridized carbons (Fsp3) is 0.0556. The summed E-state index contributed by atoms with van der Waals surface area (Å²) in [5.41, 5.74) is 1.11. The second-order valence-corrected chi connectivity index (χ2v) is 4.96. The van der Waals surface area contributed by atoms with Gasteiger partial charge in [-0.05, 0) is 48.0 Å². The van der Waals surface area contributed by atoms with Crippen molar-refractivity contribution in [3.8, 4) is 17.9 Å². The number of hydrogen-bond acceptors (Lipinski definition) is 4. The van der Waals surface area contributed by atoms with E-state index in [1.807, 2.05) is 12.1 Å². The molecule has 0 aliphatic rings. The fourth-order valence-electron chi connectivity index (χ4n) is 1.85. The SMILES string of the molecule is N#CCOc1ccc(/C=C(\C#N)C(=O)c2ccc(Cl)cc2)cc1. The molecule has 0 unspecified atom stereocenters. The van der Waals surface area contributed by atoms with Crippen LogP contribution in [0.1, 0.15) is 15.9 Å². The van der Waals surface area contributed by atoms with E-state index >= 15 is 0 Å². The molecule has 2 aromatic carbocycles. The fourth-order valence-corrected chi connectivity index (χ4v) is 1.97. The number of ketones is 1. The van der Waals surface area contributed by atoms with Gasteiger partial charge in [0.1, 0.15) is 23.5 Å². The number of halogens is 1. The molecule has 112 valence electrons. The highest BCUT2D eigenvalue weighted by Crippen LogP contribution is 2.17. The monoisotopic (exact) mass is 322 g/mol. The van der Waals surface area contributed by atoms with Crippen LogP contribution in [0.25, 0.3) is 6.08 Å². The van der Waals surface area contributed by atoms with E-state index < -0.39 is 0 Å². The van der Waals surface area contributed by atoms with Gasteiger partial charge in [0.25, 0.3) is 0 Å². The summed E-state index contributed by atoms with van der Waals surface area (Å²) in [7, 11) is 0. The molecule has 5 heteroatoms. The molecule has 4 nitrogen and oxygen atoms in total. The Morgan fingerprint density at radius 1 is 1.09 bits per heavy atom. The van der Waals surface area contributed by atoms with Gasteiger partial charge >= 0.3 is 0 Å². The largest absolute Gasteiger partial charge is 0.479 e. The van der Waals surface area contributed by atoms with Gasteiger partial charge in [0.2, 0.25) is 5.78 Å². The zero-order chi connectivity index (χ0) is 16.7. The molecule has 0 amide bonds. The molecule has 0 aromatic heterocycles. The third-order valence-corrected chi connectivity index (χ3v) is 3.22. The van der Waals surface area contributed by atoms with Crippen molar-refractivity contribution in [3.05, 3.63) is 70.3 Å². The summed E-state index contributed by atoms with van der Waals surface area (Å²) in [6.45, 7) is -0.0340. The van der Waals surface area contributed by atoms with Crippen molar-refractivity contribution in [2.45, 2.75) is 0 Å². The van der Waals surface area contributed by atoms with Crippen molar-refractivity contribution in [1.29, 1.82) is 10.5 Å². The number of carbonyl (C=O) groups excluding carboxylic acids is 1. The van der Waals surface area contributed by atoms with Crippen molar-refractivity contribution >= 4 is 23.5 Å². The van der Waals surface area contributed by atoms with Crippen LogP contribution in [0, 0.1) is 22.7 Å². The predicted molar refractivity (Wildman–Crippen MR) is 86.9 cm³/mol. The Labute approximate surface area is 138 Å². The van der Waals surface area contributed by atoms with Crippen molar-refractivity contribution in [3.63, 3.8) is 0 Å². The molecule has 0 aliphatic carbocycles. The second kappa shape index (κ2) is 7.79. The minimum Gasteiger partial charge on any atom is -0.479 e. The molecule has 0 heterocycles. The molecular formula is C18H11ClN2O2. The third-order valence-electron chi connectivity index (χ3n) is 2.97. The molecule has 0 saturated heterocycles. The highest BCUT2D eigenvalue weighted by molar-refractivity contribution is 6.30. The van der Waals surface area contributed by atoms with E-state index in [9.17, 15) is 10.1 Å². The van der Waals surface area contributed by atoms with E-state index in [0.717, 1.165) is 0 Å². The van der Waals surface area contributed by atoms with Crippen LogP contribution in [0.15, 0.2) is 54.1 Å². The molecule has 2 aromatic rings. The van der Waals surface area contributed by atoms with Gasteiger partial charge < -0.3 is 4.74 Å². The number of Topliss-reactive ketones (excluding diaryl/α,β-unsaturated/α-hetero) is 1. The van der Waals surface area contributed by atoms with Gasteiger partial charge in [0, 0.05) is 10.6 Å². The zero-order valence-corrected chi connectivity index (χ0v) is 12.7. The number of benzene rings is 2. The zero-order valence-electron chi connectivity index (χ0n) is 12.0. The third kappa shape index (κ3) is 4.44. The lowest BCUT2D eigenvalue weighted by Crippen LogP contribution is -2.01. The lowest BCUT2D eigenvalue weighted by Gasteiger charge is -2.03. The summed E-state index contributed by atoms with van der Waals surface area (Å²) in [6.07, 6.45) is 1.50. The lowest BCUT2D eigenvalue weighted by molar-refractivity contribution is 0.104. The van der Waals surface area contributed by atoms with E-state index in [4.69, 9.17) is 21.6 Å². The maximum Gasteiger partial charge on any atom is 0.203 e. The van der Waals surface area contributed by atoms with Crippen LogP contribution in [0.5, 0.6) is 5.75 Å². The van der Waals surface area contributed by atoms with Crippen LogP contribution in [0.4, 0.5) is 0 Å². The number of nitrogens with zero attached hydrogens (tertiary/aromatic N) is 2. The Morgan fingerprint density at radius 3 is 2.30 bits per heavy atom. The van der Waals surface area contributed by atoms with E-state index in [-0.39, 0.29) is 18.0 Å². The molecule has 0 fully saturated rings. The topological polar surface area (TPSA) is 73.9 Å². The molecular weight excluding hydrogens is 312 g/mol. The molecule has 0 aliphatic heterocycles. The Kier molecular flexibility index (Phi) is 5.52. The smallest absolute Gasteiger partial charge is 0.203 e. The van der Waals surface area contributed by atoms with Crippen LogP contribution in [-0.4, -0.2) is 12.4 Å². The molecule has 0 N–H and O–H groups in total. The van der Waals surface area contributed by atoms with Crippen molar-refractivity contribution in [1.82, 2.24) is 0 Å². The normalized spacial score (nSPS) is 10.5. The van der Waals surface area contributed by atoms with Gasteiger partial charge in [-0.2, -0.15) is 10.5 Å². The predicted octanol–water partition coefficient (Wildman–Crippen LogP) is 4.03. The Morgan fingerprint density at radius 2 is 1.74 bits per heavy atom. The van der Waals surface area contributed by atoms with Crippen LogP contribution in [0.3, 0.4) is 0 Å². The molecule has 0 saturated carbocycles. The maximum atomic E-state index is 12.3. The Hall–Kier alpha value is -3.08. The number of carbonyl (C=O) groups is 1. The van der Waals surface area contributed by atoms with Crippen LogP contribution < -0.4 is 4.74 Å². The van der Waals surface area contributed by atoms with Crippen molar-refractivity contribution in [2.24, 2.45) is 0 Å². The van der Waals surface area contributed by atoms with E-state index in [2.05, 4.69) is 0 Å². The quantitative estimate of drug-likeness (QED) is 0.473. The maximum absolute atomic E-state index is 12.3. The number of hydrogen-bond donors (Lipinski definition) is 0. The van der Waals surface area contributed by atoms with Gasteiger partial charge in [0.05, 0.1) is 0 Å². The van der Waals surface area contributed by atoms with Crippen molar-refractivity contribution < 1.29 is 9.53 Å². The summed E-state index contributed by atoms with van der Waals surface area (Å²) >= 11 is 5.79. The number of nitriles is 2. The number of ether oxygens (including phenoxy) is 1. The van der Waals surface area contributed by atoms with Crippen LogP contribution in [0.2, 0.25) is 5.02 Å². The molecule has 0 bridgehead atoms. The first-order chi connectivity index (χ1) is 11.1. The molecule has 0 spiro atoms. The minimum atomic E-state index is -0.367. The first kappa shape index (κ1) is 16.3. The Bertz CT molecular complexity index is 810. The molecule has 23 heavy (non-hydrogen) atoms. The highest BCUT2D eigenvalue weighted by Gasteiger charge is 2.12. The van der Waals surface area contributed by atoms with E-state index in [1.54, 1.807) is 48.5 Å². The first-order valence-electron chi connectivity index (χ1n) is 6.66. The van der Waals surface area contributed by atoms with Gasteiger partial charge in [0.15, 0.2) is 6.61 Å². The highest BCUT2D eigenvalue weighted by atomic mass is 35.5. The Balaban J connectivity index is 2.21. The standard InChI is InChI=1S/C18H11ClN2O2/c19-16-5-3-14(4-6-16)18(22)15(12-21)11-13-1-7-17(8-2-13)23-10-9-20/h1-8,11H,10H2/b15-11+. The van der Waals surface area contributed by atoms with E-state index in [0.29, 0.717) is 21.9 Å². The van der Waals surface area contributed by atoms with Gasteiger partial charge in [-0.15, -0.1) is 0 Å². The average Bonchev–Trinajstić information content (AvgIpc) is 2.59. The second-order valence-electron chi connectivity index (χ2n) is 4.52. The average molecular weight is 323 g/mol. The summed E-state index contributed by atoms with van der Waals surface area (Å²) in [5.74, 6) is 0.181. The minimum absolute atomic E-state index is 0.0259. The number of rotatable bonds is 5. The van der Waals surface area contributed by atoms with Gasteiger partial charge in [-0.25, -0.2) is 0 Å². The lowest BCUT2D eigenvalue weighted by atomic mass is 10.0. The molecule has 0 atom stereocenters. The molecule has 2 rings (SSSR count). The summed E-state index contributed by atoms with van der Waals surface area (Å²) in [6, 6.07) is 16.9. The molecule has 0 radical (unpaired) electrons. The summed E-state index contributed by atoms with van der Waals surface area (Å²) in [5, 5.41) is 18.2. The van der Waals surface area contributed by atoms with E-state index in [1.165, 1.54) is 6.08 Å². The van der Waals surface area contributed by atoms with Crippen LogP contribution >= 0.6 is 11.6 Å². The first-order valence-corrected chi connectivity index (χ1v) is 7.03. The van der Waals surface area contributed by atoms with Gasteiger partial charge in [-0.1, -0.05) is 23.7 Å². The van der Waals surface area contributed by atoms with Gasteiger partial charge in [-0.3, -0.25) is 4.79 Å². The summed E-state index contributed by atoms with van der Waals surface area (Å²) < 4.78 is 5.14. The van der Waals surface area contributed by atoms with Crippen molar-refractivity contribution in [2.75, 3.05) is 6.61 Å². The summed E-state index contributed by atoms with van der Waals surface area (Å²) in [4.78, 5) is 12.3. The number of allylic oxidation sites excluding steroid dienone is 1. The van der Waals surface area contributed by atoms with Crippen LogP contribution in [-0.2, 0) is 0 Å².